The van der Waals surface area contributed by atoms with E-state index in [1.165, 1.54) is 5.57 Å². The zero-order valence-electron chi connectivity index (χ0n) is 34.3. The Hall–Kier alpha value is -2.91. The number of ether oxygens (including phenoxy) is 2. The SMILES string of the molecule is C=C1C=C[C@@]2(C)C(=C1)CCC1C3C[C@H](C)[C@](O)(C(=O)COC(=O)CCC(=O)O[C@H]4CCC5C6C(C7CCC(=O)C=C7C[C@H]6C)[C@@H](C)C[C@@]54C)[C@@]3(C)C[C@H](O)[C@@]12F. The third kappa shape index (κ3) is 5.54. The monoisotopic (exact) mass is 774 g/mol. The van der Waals surface area contributed by atoms with Gasteiger partial charge in [-0.2, -0.15) is 0 Å². The molecule has 9 heteroatoms. The lowest BCUT2D eigenvalue weighted by Gasteiger charge is -2.62. The number of ketones is 2. The number of hydrogen-bond acceptors (Lipinski definition) is 8. The topological polar surface area (TPSA) is 127 Å². The molecular formula is C47H63FO8. The van der Waals surface area contributed by atoms with E-state index in [0.717, 1.165) is 43.3 Å². The summed E-state index contributed by atoms with van der Waals surface area (Å²) in [6.45, 7) is 15.7. The highest BCUT2D eigenvalue weighted by atomic mass is 19.1. The van der Waals surface area contributed by atoms with Crippen LogP contribution < -0.4 is 0 Å². The lowest BCUT2D eigenvalue weighted by atomic mass is 9.44. The highest BCUT2D eigenvalue weighted by Crippen LogP contribution is 2.71. The fourth-order valence-corrected chi connectivity index (χ4v) is 15.3. The van der Waals surface area contributed by atoms with Crippen LogP contribution in [0.4, 0.5) is 4.39 Å². The Morgan fingerprint density at radius 2 is 1.64 bits per heavy atom. The standard InChI is InChI=1S/C47H63FO8/c1-25-16-17-44(6)30(18-25)8-11-33-35-20-28(4)47(54,45(35,7)23-36(50)46(33,44)48)37(51)24-55-39(52)14-15-40(53)56-38-13-12-34-42-26(2)19-29-21-31(49)9-10-32(29)41(42)27(3)22-43(34,38)5/h16-18,21,26-28,32-36,38,41-42,50,54H,1,8-15,19-20,22-24H2,2-7H3/t26-,27+,28+,32?,33?,34?,35?,36+,38+,41?,42?,43+,44+,45+,46+,47+/m1/s1. The number of carbonyl (C=O) groups is 4. The second kappa shape index (κ2) is 13.6. The Labute approximate surface area is 331 Å². The maximum absolute atomic E-state index is 17.6. The van der Waals surface area contributed by atoms with E-state index in [2.05, 4.69) is 27.4 Å². The van der Waals surface area contributed by atoms with Crippen molar-refractivity contribution in [3.63, 3.8) is 0 Å². The number of fused-ring (bicyclic) bond motifs is 10. The van der Waals surface area contributed by atoms with Crippen molar-refractivity contribution in [2.45, 2.75) is 142 Å². The summed E-state index contributed by atoms with van der Waals surface area (Å²) < 4.78 is 29.2. The lowest BCUT2D eigenvalue weighted by Crippen LogP contribution is -2.69. The fraction of sp³-hybridized carbons (Fsp3) is 0.745. The minimum atomic E-state index is -1.98. The third-order valence-electron chi connectivity index (χ3n) is 17.8. The zero-order valence-corrected chi connectivity index (χ0v) is 34.3. The second-order valence-electron chi connectivity index (χ2n) is 20.4. The van der Waals surface area contributed by atoms with E-state index in [4.69, 9.17) is 9.47 Å². The molecule has 0 radical (unpaired) electrons. The molecule has 8 aliphatic carbocycles. The predicted octanol–water partition coefficient (Wildman–Crippen LogP) is 7.76. The Morgan fingerprint density at radius 3 is 2.39 bits per heavy atom. The van der Waals surface area contributed by atoms with Crippen molar-refractivity contribution in [3.8, 4) is 0 Å². The molecule has 0 bridgehead atoms. The molecule has 8 nitrogen and oxygen atoms in total. The fourth-order valence-electron chi connectivity index (χ4n) is 15.3. The minimum absolute atomic E-state index is 0.103. The van der Waals surface area contributed by atoms with Gasteiger partial charge >= 0.3 is 11.9 Å². The molecule has 0 heterocycles. The van der Waals surface area contributed by atoms with Crippen molar-refractivity contribution < 1.29 is 43.3 Å². The van der Waals surface area contributed by atoms with Crippen molar-refractivity contribution in [1.82, 2.24) is 0 Å². The van der Waals surface area contributed by atoms with E-state index in [0.29, 0.717) is 61.2 Å². The number of alkyl halides is 1. The number of hydrogen-bond donors (Lipinski definition) is 2. The van der Waals surface area contributed by atoms with Crippen molar-refractivity contribution >= 4 is 23.5 Å². The molecule has 0 aromatic heterocycles. The maximum Gasteiger partial charge on any atom is 0.306 e. The average Bonchev–Trinajstić information content (AvgIpc) is 3.55. The highest BCUT2D eigenvalue weighted by molar-refractivity contribution is 5.92. The quantitative estimate of drug-likeness (QED) is 0.252. The Morgan fingerprint density at radius 1 is 0.911 bits per heavy atom. The molecule has 16 atom stereocenters. The summed E-state index contributed by atoms with van der Waals surface area (Å²) in [6, 6.07) is 0. The first-order chi connectivity index (χ1) is 26.3. The van der Waals surface area contributed by atoms with Crippen LogP contribution in [0.5, 0.6) is 0 Å². The van der Waals surface area contributed by atoms with Gasteiger partial charge in [0.05, 0.1) is 18.9 Å². The Bertz CT molecular complexity index is 1810. The number of allylic oxidation sites excluding steroid dienone is 6. The number of rotatable bonds is 7. The molecule has 56 heavy (non-hydrogen) atoms. The van der Waals surface area contributed by atoms with Gasteiger partial charge in [0.1, 0.15) is 11.7 Å². The van der Waals surface area contributed by atoms with Gasteiger partial charge in [0.15, 0.2) is 18.1 Å². The molecule has 6 fully saturated rings. The molecule has 6 saturated carbocycles. The highest BCUT2D eigenvalue weighted by Gasteiger charge is 2.75. The van der Waals surface area contributed by atoms with Gasteiger partial charge in [0.2, 0.25) is 5.78 Å². The van der Waals surface area contributed by atoms with Gasteiger partial charge < -0.3 is 19.7 Å². The first-order valence-electron chi connectivity index (χ1n) is 21.6. The molecule has 2 N–H and O–H groups in total. The molecule has 306 valence electrons. The summed E-state index contributed by atoms with van der Waals surface area (Å²) in [5.41, 5.74) is -3.16. The van der Waals surface area contributed by atoms with Gasteiger partial charge in [-0.15, -0.1) is 0 Å². The van der Waals surface area contributed by atoms with Gasteiger partial charge in [-0.25, -0.2) is 4.39 Å². The third-order valence-corrected chi connectivity index (χ3v) is 17.8. The van der Waals surface area contributed by atoms with Crippen LogP contribution in [0, 0.1) is 69.5 Å². The number of Topliss-reactive ketones (excluding diaryl/α,β-unsaturated/α-hetero) is 1. The molecule has 0 spiro atoms. The van der Waals surface area contributed by atoms with Crippen molar-refractivity contribution in [2.24, 2.45) is 69.5 Å². The molecular weight excluding hydrogens is 712 g/mol. The van der Waals surface area contributed by atoms with Crippen LogP contribution in [0.25, 0.3) is 0 Å². The van der Waals surface area contributed by atoms with Crippen LogP contribution in [-0.4, -0.2) is 63.8 Å². The molecule has 0 saturated heterocycles. The first kappa shape index (κ1) is 39.9. The molecule has 6 unspecified atom stereocenters. The molecule has 8 rings (SSSR count). The Balaban J connectivity index is 0.874. The molecule has 8 aliphatic rings. The first-order valence-corrected chi connectivity index (χ1v) is 21.6. The van der Waals surface area contributed by atoms with E-state index in [1.54, 1.807) is 19.9 Å². The van der Waals surface area contributed by atoms with Gasteiger partial charge in [-0.1, -0.05) is 70.6 Å². The van der Waals surface area contributed by atoms with Crippen molar-refractivity contribution in [3.05, 3.63) is 47.6 Å². The van der Waals surface area contributed by atoms with Crippen molar-refractivity contribution in [2.75, 3.05) is 6.61 Å². The summed E-state index contributed by atoms with van der Waals surface area (Å²) in [4.78, 5) is 52.5. The van der Waals surface area contributed by atoms with Crippen LogP contribution in [0.1, 0.15) is 119 Å². The molecule has 0 aromatic carbocycles. The van der Waals surface area contributed by atoms with Crippen molar-refractivity contribution in [1.29, 1.82) is 0 Å². The maximum atomic E-state index is 17.6. The normalized spacial score (nSPS) is 48.9. The average molecular weight is 775 g/mol. The van der Waals surface area contributed by atoms with E-state index < -0.39 is 64.4 Å². The number of esters is 2. The van der Waals surface area contributed by atoms with Crippen LogP contribution >= 0.6 is 0 Å². The second-order valence-corrected chi connectivity index (χ2v) is 20.4. The molecule has 0 aromatic rings. The van der Waals surface area contributed by atoms with Crippen LogP contribution in [0.15, 0.2) is 47.6 Å². The predicted molar refractivity (Wildman–Crippen MR) is 208 cm³/mol. The van der Waals surface area contributed by atoms with E-state index in [1.807, 2.05) is 25.2 Å². The Kier molecular flexibility index (Phi) is 9.67. The summed E-state index contributed by atoms with van der Waals surface area (Å²) in [6.07, 6.45) is 12.1. The van der Waals surface area contributed by atoms with Gasteiger partial charge in [0, 0.05) is 28.6 Å². The summed E-state index contributed by atoms with van der Waals surface area (Å²) in [7, 11) is 0. The van der Waals surface area contributed by atoms with Crippen LogP contribution in [-0.2, 0) is 28.7 Å². The summed E-state index contributed by atoms with van der Waals surface area (Å²) in [5.74, 6) is -0.202. The van der Waals surface area contributed by atoms with E-state index >= 15 is 4.39 Å². The van der Waals surface area contributed by atoms with Gasteiger partial charge in [-0.3, -0.25) is 19.2 Å². The lowest BCUT2D eigenvalue weighted by molar-refractivity contribution is -0.219. The largest absolute Gasteiger partial charge is 0.462 e. The smallest absolute Gasteiger partial charge is 0.306 e. The van der Waals surface area contributed by atoms with Crippen LogP contribution in [0.3, 0.4) is 0 Å². The number of aliphatic hydroxyl groups excluding tert-OH is 1. The van der Waals surface area contributed by atoms with E-state index in [-0.39, 0.29) is 42.5 Å². The summed E-state index contributed by atoms with van der Waals surface area (Å²) >= 11 is 0. The zero-order chi connectivity index (χ0) is 40.3. The molecule has 0 aliphatic heterocycles. The van der Waals surface area contributed by atoms with Crippen LogP contribution in [0.2, 0.25) is 0 Å². The van der Waals surface area contributed by atoms with Gasteiger partial charge in [0.25, 0.3) is 0 Å². The summed E-state index contributed by atoms with van der Waals surface area (Å²) in [5, 5.41) is 24.0. The molecule has 0 amide bonds. The van der Waals surface area contributed by atoms with Gasteiger partial charge in [-0.05, 0) is 124 Å². The minimum Gasteiger partial charge on any atom is -0.462 e. The number of carbonyl (C=O) groups excluding carboxylic acids is 4. The number of halogens is 1. The van der Waals surface area contributed by atoms with E-state index in [9.17, 15) is 29.4 Å². The number of aliphatic hydroxyl groups is 2.